The quantitative estimate of drug-likeness (QED) is 0.542. The van der Waals surface area contributed by atoms with Gasteiger partial charge in [-0.3, -0.25) is 0 Å². The van der Waals surface area contributed by atoms with E-state index < -0.39 is 6.43 Å². The summed E-state index contributed by atoms with van der Waals surface area (Å²) >= 11 is 0. The van der Waals surface area contributed by atoms with E-state index in [0.717, 1.165) is 12.8 Å². The van der Waals surface area contributed by atoms with Gasteiger partial charge in [-0.1, -0.05) is 12.2 Å². The molecule has 62 valence electrons. The second-order valence-corrected chi connectivity index (χ2v) is 3.67. The van der Waals surface area contributed by atoms with Crippen LogP contribution in [0.5, 0.6) is 0 Å². The van der Waals surface area contributed by atoms with Gasteiger partial charge in [-0.25, -0.2) is 8.78 Å². The van der Waals surface area contributed by atoms with Crippen molar-refractivity contribution in [2.75, 3.05) is 0 Å². The van der Waals surface area contributed by atoms with Crippen molar-refractivity contribution >= 4 is 0 Å². The lowest BCUT2D eigenvalue weighted by molar-refractivity contribution is 0.108. The molecule has 0 saturated heterocycles. The SMILES string of the molecule is FC(F)CC1CC2C=CC1C2. The monoisotopic (exact) mass is 158 g/mol. The summed E-state index contributed by atoms with van der Waals surface area (Å²) in [7, 11) is 0. The Kier molecular flexibility index (Phi) is 1.70. The van der Waals surface area contributed by atoms with E-state index in [-0.39, 0.29) is 12.3 Å². The van der Waals surface area contributed by atoms with Crippen LogP contribution in [-0.2, 0) is 0 Å². The Morgan fingerprint density at radius 1 is 1.27 bits per heavy atom. The number of fused-ring (bicyclic) bond motifs is 2. The van der Waals surface area contributed by atoms with Gasteiger partial charge in [0.25, 0.3) is 0 Å². The average molecular weight is 158 g/mol. The molecule has 1 saturated carbocycles. The maximum Gasteiger partial charge on any atom is 0.238 e. The van der Waals surface area contributed by atoms with Crippen molar-refractivity contribution in [1.29, 1.82) is 0 Å². The third-order valence-corrected chi connectivity index (χ3v) is 2.90. The first kappa shape index (κ1) is 7.26. The summed E-state index contributed by atoms with van der Waals surface area (Å²) < 4.78 is 24.0. The Morgan fingerprint density at radius 3 is 2.55 bits per heavy atom. The summed E-state index contributed by atoms with van der Waals surface area (Å²) in [5, 5.41) is 0. The van der Waals surface area contributed by atoms with Gasteiger partial charge in [0.15, 0.2) is 0 Å². The van der Waals surface area contributed by atoms with Crippen LogP contribution in [0.15, 0.2) is 12.2 Å². The summed E-state index contributed by atoms with van der Waals surface area (Å²) in [6.45, 7) is 0. The van der Waals surface area contributed by atoms with E-state index in [1.165, 1.54) is 0 Å². The molecule has 0 heterocycles. The third-order valence-electron chi connectivity index (χ3n) is 2.90. The van der Waals surface area contributed by atoms with Gasteiger partial charge in [0.2, 0.25) is 6.43 Å². The first-order valence-electron chi connectivity index (χ1n) is 4.22. The second kappa shape index (κ2) is 2.58. The van der Waals surface area contributed by atoms with E-state index in [2.05, 4.69) is 12.2 Å². The highest BCUT2D eigenvalue weighted by Gasteiger charge is 2.36. The highest BCUT2D eigenvalue weighted by molar-refractivity contribution is 5.09. The van der Waals surface area contributed by atoms with Gasteiger partial charge in [0.1, 0.15) is 0 Å². The zero-order chi connectivity index (χ0) is 7.84. The summed E-state index contributed by atoms with van der Waals surface area (Å²) in [6, 6.07) is 0. The second-order valence-electron chi connectivity index (χ2n) is 3.67. The van der Waals surface area contributed by atoms with E-state index >= 15 is 0 Å². The van der Waals surface area contributed by atoms with Gasteiger partial charge >= 0.3 is 0 Å². The Morgan fingerprint density at radius 2 is 2.09 bits per heavy atom. The fourth-order valence-electron chi connectivity index (χ4n) is 2.39. The van der Waals surface area contributed by atoms with Crippen LogP contribution in [0.25, 0.3) is 0 Å². The molecule has 0 aromatic carbocycles. The van der Waals surface area contributed by atoms with Crippen LogP contribution in [0.4, 0.5) is 8.78 Å². The van der Waals surface area contributed by atoms with Crippen molar-refractivity contribution in [3.8, 4) is 0 Å². The van der Waals surface area contributed by atoms with Crippen LogP contribution in [0.1, 0.15) is 19.3 Å². The van der Waals surface area contributed by atoms with Crippen LogP contribution in [0, 0.1) is 17.8 Å². The summed E-state index contributed by atoms with van der Waals surface area (Å²) in [5.74, 6) is 1.39. The zero-order valence-corrected chi connectivity index (χ0v) is 6.34. The summed E-state index contributed by atoms with van der Waals surface area (Å²) in [4.78, 5) is 0. The molecule has 2 aliphatic carbocycles. The molecule has 0 aromatic heterocycles. The first-order chi connectivity index (χ1) is 5.25. The molecule has 0 aliphatic heterocycles. The van der Waals surface area contributed by atoms with Gasteiger partial charge < -0.3 is 0 Å². The molecule has 2 rings (SSSR count). The standard InChI is InChI=1S/C9H12F2/c10-9(11)5-8-4-6-1-2-7(8)3-6/h1-2,6-9H,3-5H2. The number of alkyl halides is 2. The lowest BCUT2D eigenvalue weighted by Crippen LogP contribution is -2.10. The lowest BCUT2D eigenvalue weighted by Gasteiger charge is -2.16. The lowest BCUT2D eigenvalue weighted by atomic mass is 9.91. The fraction of sp³-hybridized carbons (Fsp3) is 0.778. The van der Waals surface area contributed by atoms with E-state index in [1.807, 2.05) is 0 Å². The first-order valence-corrected chi connectivity index (χ1v) is 4.22. The molecule has 2 aliphatic rings. The normalized spacial score (nSPS) is 40.8. The number of hydrogen-bond acceptors (Lipinski definition) is 0. The van der Waals surface area contributed by atoms with Crippen molar-refractivity contribution in [3.63, 3.8) is 0 Å². The fourth-order valence-corrected chi connectivity index (χ4v) is 2.39. The minimum atomic E-state index is -2.10. The minimum absolute atomic E-state index is 0.117. The van der Waals surface area contributed by atoms with Crippen molar-refractivity contribution in [2.45, 2.75) is 25.7 Å². The number of halogens is 2. The predicted octanol–water partition coefficient (Wildman–Crippen LogP) is 2.85. The molecule has 0 aromatic rings. The van der Waals surface area contributed by atoms with Gasteiger partial charge in [0, 0.05) is 6.42 Å². The molecule has 3 atom stereocenters. The molecule has 1 fully saturated rings. The molecule has 0 radical (unpaired) electrons. The Labute approximate surface area is 65.3 Å². The van der Waals surface area contributed by atoms with Crippen LogP contribution < -0.4 is 0 Å². The maximum absolute atomic E-state index is 12.0. The molecule has 11 heavy (non-hydrogen) atoms. The molecule has 0 N–H and O–H groups in total. The molecular weight excluding hydrogens is 146 g/mol. The Balaban J connectivity index is 1.93. The predicted molar refractivity (Wildman–Crippen MR) is 39.5 cm³/mol. The van der Waals surface area contributed by atoms with Gasteiger partial charge in [-0.05, 0) is 30.6 Å². The van der Waals surface area contributed by atoms with Crippen molar-refractivity contribution in [3.05, 3.63) is 12.2 Å². The molecule has 0 amide bonds. The van der Waals surface area contributed by atoms with E-state index in [4.69, 9.17) is 0 Å². The number of allylic oxidation sites excluding steroid dienone is 2. The Bertz CT molecular complexity index is 174. The topological polar surface area (TPSA) is 0 Å². The molecule has 3 unspecified atom stereocenters. The van der Waals surface area contributed by atoms with E-state index in [1.54, 1.807) is 0 Å². The molecule has 2 heteroatoms. The van der Waals surface area contributed by atoms with Crippen LogP contribution >= 0.6 is 0 Å². The van der Waals surface area contributed by atoms with Gasteiger partial charge in [-0.2, -0.15) is 0 Å². The van der Waals surface area contributed by atoms with E-state index in [0.29, 0.717) is 11.8 Å². The minimum Gasteiger partial charge on any atom is -0.211 e. The maximum atomic E-state index is 12.0. The highest BCUT2D eigenvalue weighted by Crippen LogP contribution is 2.45. The van der Waals surface area contributed by atoms with Crippen molar-refractivity contribution < 1.29 is 8.78 Å². The van der Waals surface area contributed by atoms with Crippen molar-refractivity contribution in [1.82, 2.24) is 0 Å². The van der Waals surface area contributed by atoms with E-state index in [9.17, 15) is 8.78 Å². The largest absolute Gasteiger partial charge is 0.238 e. The zero-order valence-electron chi connectivity index (χ0n) is 6.34. The molecule has 2 bridgehead atoms. The average Bonchev–Trinajstić information content (AvgIpc) is 2.45. The van der Waals surface area contributed by atoms with Crippen LogP contribution in [0.3, 0.4) is 0 Å². The van der Waals surface area contributed by atoms with Gasteiger partial charge in [0.05, 0.1) is 0 Å². The molecular formula is C9H12F2. The van der Waals surface area contributed by atoms with Crippen molar-refractivity contribution in [2.24, 2.45) is 17.8 Å². The van der Waals surface area contributed by atoms with Crippen LogP contribution in [-0.4, -0.2) is 6.43 Å². The van der Waals surface area contributed by atoms with Crippen LogP contribution in [0.2, 0.25) is 0 Å². The number of hydrogen-bond donors (Lipinski definition) is 0. The molecule has 0 nitrogen and oxygen atoms in total. The summed E-state index contributed by atoms with van der Waals surface area (Å²) in [5.41, 5.74) is 0. The smallest absolute Gasteiger partial charge is 0.211 e. The molecule has 0 spiro atoms. The van der Waals surface area contributed by atoms with Gasteiger partial charge in [-0.15, -0.1) is 0 Å². The number of rotatable bonds is 2. The summed E-state index contributed by atoms with van der Waals surface area (Å²) in [6.07, 6.45) is 4.47. The third kappa shape index (κ3) is 1.31. The Hall–Kier alpha value is -0.400. The highest BCUT2D eigenvalue weighted by atomic mass is 19.3.